The van der Waals surface area contributed by atoms with Gasteiger partial charge in [-0.1, -0.05) is 59.1 Å². The number of rotatable bonds is 14. The fourth-order valence-electron chi connectivity index (χ4n) is 3.87. The third-order valence-corrected chi connectivity index (χ3v) is 10.1. The van der Waals surface area contributed by atoms with E-state index in [0.29, 0.717) is 13.0 Å². The second kappa shape index (κ2) is 15.5. The molecule has 1 aromatic carbocycles. The number of unbranched alkanes of at least 4 members (excludes halogenated alkanes) is 1. The molecule has 0 spiro atoms. The number of carbonyl (C=O) groups excluding carboxylic acids is 4. The van der Waals surface area contributed by atoms with Crippen molar-refractivity contribution in [1.82, 2.24) is 16.0 Å². The van der Waals surface area contributed by atoms with Crippen LogP contribution in [-0.4, -0.2) is 57.3 Å². The van der Waals surface area contributed by atoms with E-state index in [-0.39, 0.29) is 29.9 Å². The van der Waals surface area contributed by atoms with Crippen molar-refractivity contribution in [1.29, 1.82) is 0 Å². The van der Waals surface area contributed by atoms with Gasteiger partial charge in [0.1, 0.15) is 12.1 Å². The molecule has 1 aromatic rings. The van der Waals surface area contributed by atoms with E-state index in [1.54, 1.807) is 6.92 Å². The lowest BCUT2D eigenvalue weighted by atomic mass is 9.98. The molecule has 0 aromatic heterocycles. The number of benzene rings is 1. The zero-order chi connectivity index (χ0) is 26.7. The maximum atomic E-state index is 13.1. The quantitative estimate of drug-likeness (QED) is 0.171. The Balaban J connectivity index is 1.98. The molecule has 1 aliphatic rings. The highest BCUT2D eigenvalue weighted by Crippen LogP contribution is 2.29. The van der Waals surface area contributed by atoms with E-state index in [1.807, 2.05) is 38.1 Å². The molecule has 2 unspecified atom stereocenters. The van der Waals surface area contributed by atoms with E-state index in [9.17, 15) is 23.4 Å². The summed E-state index contributed by atoms with van der Waals surface area (Å²) >= 11 is 3.37. The van der Waals surface area contributed by atoms with Crippen molar-refractivity contribution in [3.05, 3.63) is 34.3 Å². The first-order chi connectivity index (χ1) is 17.1. The van der Waals surface area contributed by atoms with Gasteiger partial charge < -0.3 is 16.0 Å². The molecule has 2 rings (SSSR count). The van der Waals surface area contributed by atoms with Crippen LogP contribution >= 0.6 is 26.7 Å². The molecule has 8 nitrogen and oxygen atoms in total. The summed E-state index contributed by atoms with van der Waals surface area (Å²) in [5.74, 6) is -1.54. The van der Waals surface area contributed by atoms with Crippen LogP contribution in [0.25, 0.3) is 0 Å². The van der Waals surface area contributed by atoms with Gasteiger partial charge in [-0.3, -0.25) is 19.2 Å². The molecule has 1 heterocycles. The summed E-state index contributed by atoms with van der Waals surface area (Å²) < 4.78 is 12.7. The average molecular weight is 603 g/mol. The monoisotopic (exact) mass is 601 g/mol. The maximum absolute atomic E-state index is 13.1. The number of carbonyl (C=O) groups is 4. The SMILES string of the molecule is CCNC(=O)C(=O)[C@H](Cc1ccc(Br)cc1)NC(=O)[C@@H](NC(=O)CCCCC1CCSS1=O)C(C)C. The fourth-order valence-corrected chi connectivity index (χ4v) is 7.62. The normalized spacial score (nSPS) is 18.9. The highest BCUT2D eigenvalue weighted by molar-refractivity contribution is 9.10. The van der Waals surface area contributed by atoms with Crippen LogP contribution in [-0.2, 0) is 35.4 Å². The van der Waals surface area contributed by atoms with Gasteiger partial charge in [0.05, 0.1) is 9.83 Å². The lowest BCUT2D eigenvalue weighted by Gasteiger charge is -2.25. The van der Waals surface area contributed by atoms with Crippen molar-refractivity contribution in [2.24, 2.45) is 5.92 Å². The Hall–Kier alpha value is -1.72. The minimum absolute atomic E-state index is 0.147. The van der Waals surface area contributed by atoms with Gasteiger partial charge in [-0.05, 0) is 49.8 Å². The third-order valence-electron chi connectivity index (χ3n) is 5.90. The van der Waals surface area contributed by atoms with Gasteiger partial charge in [-0.2, -0.15) is 0 Å². The van der Waals surface area contributed by atoms with Crippen LogP contribution in [0.4, 0.5) is 0 Å². The molecule has 0 bridgehead atoms. The van der Waals surface area contributed by atoms with Crippen molar-refractivity contribution in [2.75, 3.05) is 12.3 Å². The largest absolute Gasteiger partial charge is 0.350 e. The molecule has 36 heavy (non-hydrogen) atoms. The summed E-state index contributed by atoms with van der Waals surface area (Å²) in [6.45, 7) is 5.63. The molecule has 1 saturated heterocycles. The number of ketones is 1. The van der Waals surface area contributed by atoms with Gasteiger partial charge in [0.15, 0.2) is 0 Å². The Morgan fingerprint density at radius 2 is 1.81 bits per heavy atom. The van der Waals surface area contributed by atoms with E-state index in [1.165, 1.54) is 10.8 Å². The second-order valence-electron chi connectivity index (χ2n) is 9.14. The minimum atomic E-state index is -1.06. The summed E-state index contributed by atoms with van der Waals surface area (Å²) in [7, 11) is 0.671. The number of nitrogens with one attached hydrogen (secondary N) is 3. The highest BCUT2D eigenvalue weighted by Gasteiger charge is 2.31. The summed E-state index contributed by atoms with van der Waals surface area (Å²) in [5.41, 5.74) is 0.785. The van der Waals surface area contributed by atoms with Crippen molar-refractivity contribution in [3.8, 4) is 0 Å². The predicted molar refractivity (Wildman–Crippen MR) is 148 cm³/mol. The summed E-state index contributed by atoms with van der Waals surface area (Å²) in [6, 6.07) is 5.38. The number of likely N-dealkylation sites (N-methyl/N-ethyl adjacent to an activating group) is 1. The molecule has 1 fully saturated rings. The van der Waals surface area contributed by atoms with Crippen LogP contribution in [0.15, 0.2) is 28.7 Å². The number of hydrogen-bond acceptors (Lipinski definition) is 6. The van der Waals surface area contributed by atoms with E-state index in [2.05, 4.69) is 31.9 Å². The van der Waals surface area contributed by atoms with Crippen LogP contribution in [0.1, 0.15) is 58.4 Å². The van der Waals surface area contributed by atoms with E-state index >= 15 is 0 Å². The molecule has 3 amide bonds. The first-order valence-corrected chi connectivity index (χ1v) is 15.8. The van der Waals surface area contributed by atoms with Crippen molar-refractivity contribution >= 4 is 60.1 Å². The van der Waals surface area contributed by atoms with Crippen LogP contribution in [0.2, 0.25) is 0 Å². The zero-order valence-corrected chi connectivity index (χ0v) is 24.2. The Labute approximate surface area is 227 Å². The summed E-state index contributed by atoms with van der Waals surface area (Å²) in [6.07, 6.45) is 3.66. The van der Waals surface area contributed by atoms with E-state index < -0.39 is 39.5 Å². The van der Waals surface area contributed by atoms with Gasteiger partial charge in [-0.25, -0.2) is 4.21 Å². The van der Waals surface area contributed by atoms with Gasteiger partial charge >= 0.3 is 0 Å². The summed E-state index contributed by atoms with van der Waals surface area (Å²) in [4.78, 5) is 50.8. The van der Waals surface area contributed by atoms with Gasteiger partial charge in [0.25, 0.3) is 5.91 Å². The third kappa shape index (κ3) is 9.97. The van der Waals surface area contributed by atoms with E-state index in [0.717, 1.165) is 35.1 Å². The van der Waals surface area contributed by atoms with Crippen molar-refractivity contribution < 1.29 is 23.4 Å². The van der Waals surface area contributed by atoms with Gasteiger partial charge in [-0.15, -0.1) is 0 Å². The zero-order valence-electron chi connectivity index (χ0n) is 21.0. The Bertz CT molecular complexity index is 942. The molecule has 0 radical (unpaired) electrons. The smallest absolute Gasteiger partial charge is 0.289 e. The first kappa shape index (κ1) is 30.5. The van der Waals surface area contributed by atoms with Crippen LogP contribution in [0.3, 0.4) is 0 Å². The van der Waals surface area contributed by atoms with Gasteiger partial charge in [0.2, 0.25) is 17.6 Å². The molecule has 0 aliphatic carbocycles. The molecule has 11 heteroatoms. The highest BCUT2D eigenvalue weighted by atomic mass is 79.9. The minimum Gasteiger partial charge on any atom is -0.350 e. The van der Waals surface area contributed by atoms with Crippen LogP contribution < -0.4 is 16.0 Å². The van der Waals surface area contributed by atoms with Crippen molar-refractivity contribution in [3.63, 3.8) is 0 Å². The second-order valence-corrected chi connectivity index (χ2v) is 13.6. The molecular formula is C25H36BrN3O5S2. The Morgan fingerprint density at radius 3 is 2.39 bits per heavy atom. The fraction of sp³-hybridized carbons (Fsp3) is 0.600. The lowest BCUT2D eigenvalue weighted by molar-refractivity contribution is -0.140. The van der Waals surface area contributed by atoms with E-state index in [4.69, 9.17) is 0 Å². The molecule has 4 atom stereocenters. The number of Topliss-reactive ketones (excluding diaryl/α,β-unsaturated/α-hetero) is 1. The standard InChI is InChI=1S/C25H36BrN3O5S2/c1-4-27-25(33)23(31)20(15-17-9-11-18(26)12-10-17)28-24(32)22(16(2)3)29-21(30)8-6-5-7-19-13-14-35-36(19)34/h9-12,16,19-20,22H,4-8,13-15H2,1-3H3,(H,27,33)(H,28,32)(H,29,30)/t19?,20-,22-,36?/m0/s1. The van der Waals surface area contributed by atoms with Crippen LogP contribution in [0, 0.1) is 5.92 Å². The summed E-state index contributed by atoms with van der Waals surface area (Å²) in [5, 5.41) is 8.19. The van der Waals surface area contributed by atoms with Crippen molar-refractivity contribution in [2.45, 2.75) is 76.6 Å². The maximum Gasteiger partial charge on any atom is 0.289 e. The molecule has 1 aliphatic heterocycles. The van der Waals surface area contributed by atoms with Crippen LogP contribution in [0.5, 0.6) is 0 Å². The molecule has 0 saturated carbocycles. The Morgan fingerprint density at radius 1 is 1.11 bits per heavy atom. The molecule has 3 N–H and O–H groups in total. The topological polar surface area (TPSA) is 121 Å². The number of amides is 3. The predicted octanol–water partition coefficient (Wildman–Crippen LogP) is 3.05. The molecule has 200 valence electrons. The average Bonchev–Trinajstić information content (AvgIpc) is 3.25. The molecular weight excluding hydrogens is 566 g/mol. The number of halogens is 1. The lowest BCUT2D eigenvalue weighted by Crippen LogP contribution is -2.56. The first-order valence-electron chi connectivity index (χ1n) is 12.3. The number of hydrogen-bond donors (Lipinski definition) is 3. The Kier molecular flexibility index (Phi) is 13.1. The van der Waals surface area contributed by atoms with Gasteiger partial charge in [0, 0.05) is 34.9 Å².